The van der Waals surface area contributed by atoms with Crippen LogP contribution in [0.5, 0.6) is 0 Å². The fourth-order valence-corrected chi connectivity index (χ4v) is 2.99. The monoisotopic (exact) mass is 375 g/mol. The summed E-state index contributed by atoms with van der Waals surface area (Å²) in [6, 6.07) is 15.8. The van der Waals surface area contributed by atoms with Crippen LogP contribution >= 0.6 is 0 Å². The number of hydrogen-bond donors (Lipinski definition) is 3. The lowest BCUT2D eigenvalue weighted by molar-refractivity contribution is 0.299. The van der Waals surface area contributed by atoms with Crippen LogP contribution in [0, 0.1) is 0 Å². The van der Waals surface area contributed by atoms with Gasteiger partial charge in [-0.1, -0.05) is 29.5 Å². The number of rotatable bonds is 7. The highest BCUT2D eigenvalue weighted by Crippen LogP contribution is 2.19. The summed E-state index contributed by atoms with van der Waals surface area (Å²) >= 11 is 0. The van der Waals surface area contributed by atoms with Gasteiger partial charge in [0.25, 0.3) is 0 Å². The van der Waals surface area contributed by atoms with Crippen molar-refractivity contribution >= 4 is 22.8 Å². The molecule has 4 rings (SSSR count). The van der Waals surface area contributed by atoms with Gasteiger partial charge in [0.1, 0.15) is 0 Å². The van der Waals surface area contributed by atoms with Gasteiger partial charge in [0.2, 0.25) is 5.95 Å². The standard InChI is InChI=1S/C20H21N7O/c21-10-8-14-4-6-16(7-5-14)23-20-22-13-18-19(24-20)27(26-25-18)17-3-1-2-15(12-17)9-11-28/h1-7,12-13,28H,8-11,21H2,(H,22,23,24). The number of aliphatic hydroxyl groups is 1. The van der Waals surface area contributed by atoms with Gasteiger partial charge >= 0.3 is 0 Å². The molecule has 0 aliphatic carbocycles. The summed E-state index contributed by atoms with van der Waals surface area (Å²) in [5.41, 5.74) is 10.7. The number of nitrogens with zero attached hydrogens (tertiary/aromatic N) is 5. The lowest BCUT2D eigenvalue weighted by Gasteiger charge is -2.07. The highest BCUT2D eigenvalue weighted by Gasteiger charge is 2.11. The first-order valence-electron chi connectivity index (χ1n) is 9.11. The van der Waals surface area contributed by atoms with E-state index < -0.39 is 0 Å². The van der Waals surface area contributed by atoms with Gasteiger partial charge in [-0.15, -0.1) is 5.10 Å². The van der Waals surface area contributed by atoms with Crippen LogP contribution in [-0.4, -0.2) is 43.2 Å². The predicted molar refractivity (Wildman–Crippen MR) is 108 cm³/mol. The fourth-order valence-electron chi connectivity index (χ4n) is 2.99. The van der Waals surface area contributed by atoms with Crippen molar-refractivity contribution in [1.29, 1.82) is 0 Å². The van der Waals surface area contributed by atoms with Crippen LogP contribution in [0.3, 0.4) is 0 Å². The molecule has 28 heavy (non-hydrogen) atoms. The number of hydrogen-bond acceptors (Lipinski definition) is 7. The molecule has 0 amide bonds. The number of aliphatic hydroxyl groups excluding tert-OH is 1. The SMILES string of the molecule is NCCc1ccc(Nc2ncc3nnn(-c4cccc(CCO)c4)c3n2)cc1. The molecule has 8 heteroatoms. The van der Waals surface area contributed by atoms with Crippen molar-refractivity contribution in [2.75, 3.05) is 18.5 Å². The summed E-state index contributed by atoms with van der Waals surface area (Å²) in [5.74, 6) is 0.467. The third kappa shape index (κ3) is 3.83. The lowest BCUT2D eigenvalue weighted by atomic mass is 10.1. The number of benzene rings is 2. The third-order valence-electron chi connectivity index (χ3n) is 4.39. The van der Waals surface area contributed by atoms with Gasteiger partial charge in [-0.3, -0.25) is 0 Å². The van der Waals surface area contributed by atoms with Gasteiger partial charge < -0.3 is 16.2 Å². The first kappa shape index (κ1) is 18.0. The molecule has 0 saturated carbocycles. The average molecular weight is 375 g/mol. The van der Waals surface area contributed by atoms with E-state index in [1.54, 1.807) is 10.9 Å². The number of nitrogens with two attached hydrogens (primary N) is 1. The van der Waals surface area contributed by atoms with Crippen molar-refractivity contribution in [2.24, 2.45) is 5.73 Å². The summed E-state index contributed by atoms with van der Waals surface area (Å²) in [7, 11) is 0. The first-order chi connectivity index (χ1) is 13.8. The van der Waals surface area contributed by atoms with E-state index in [0.29, 0.717) is 30.1 Å². The number of fused-ring (bicyclic) bond motifs is 1. The molecule has 0 saturated heterocycles. The third-order valence-corrected chi connectivity index (χ3v) is 4.39. The van der Waals surface area contributed by atoms with Crippen LogP contribution in [0.1, 0.15) is 11.1 Å². The molecule has 8 nitrogen and oxygen atoms in total. The molecule has 2 aromatic heterocycles. The topological polar surface area (TPSA) is 115 Å². The molecule has 0 spiro atoms. The Morgan fingerprint density at radius 2 is 1.89 bits per heavy atom. The second-order valence-corrected chi connectivity index (χ2v) is 6.41. The molecule has 0 aliphatic heterocycles. The fraction of sp³-hybridized carbons (Fsp3) is 0.200. The summed E-state index contributed by atoms with van der Waals surface area (Å²) < 4.78 is 1.67. The van der Waals surface area contributed by atoms with Crippen molar-refractivity contribution in [3.8, 4) is 5.69 Å². The Hall–Kier alpha value is -3.36. The van der Waals surface area contributed by atoms with Crippen LogP contribution in [-0.2, 0) is 12.8 Å². The number of nitrogens with one attached hydrogen (secondary N) is 1. The van der Waals surface area contributed by atoms with Crippen LogP contribution in [0.4, 0.5) is 11.6 Å². The van der Waals surface area contributed by atoms with Gasteiger partial charge in [-0.25, -0.2) is 4.98 Å². The van der Waals surface area contributed by atoms with E-state index in [-0.39, 0.29) is 6.61 Å². The van der Waals surface area contributed by atoms with Gasteiger partial charge in [0.05, 0.1) is 11.9 Å². The minimum absolute atomic E-state index is 0.0991. The van der Waals surface area contributed by atoms with Crippen LogP contribution in [0.25, 0.3) is 16.9 Å². The van der Waals surface area contributed by atoms with Gasteiger partial charge in [-0.2, -0.15) is 9.67 Å². The van der Waals surface area contributed by atoms with Crippen molar-refractivity contribution in [3.05, 3.63) is 65.9 Å². The summed E-state index contributed by atoms with van der Waals surface area (Å²) in [5, 5.41) is 20.7. The Bertz CT molecular complexity index is 1080. The number of aromatic nitrogens is 5. The maximum atomic E-state index is 9.17. The quantitative estimate of drug-likeness (QED) is 0.452. The van der Waals surface area contributed by atoms with E-state index in [2.05, 4.69) is 25.6 Å². The molecule has 0 atom stereocenters. The minimum Gasteiger partial charge on any atom is -0.396 e. The zero-order valence-electron chi connectivity index (χ0n) is 15.3. The van der Waals surface area contributed by atoms with Crippen LogP contribution < -0.4 is 11.1 Å². The van der Waals surface area contributed by atoms with Crippen molar-refractivity contribution in [3.63, 3.8) is 0 Å². The van der Waals surface area contributed by atoms with E-state index in [1.165, 1.54) is 5.56 Å². The second kappa shape index (κ2) is 8.12. The largest absolute Gasteiger partial charge is 0.396 e. The Kier molecular flexibility index (Phi) is 5.22. The zero-order valence-corrected chi connectivity index (χ0v) is 15.3. The van der Waals surface area contributed by atoms with Crippen molar-refractivity contribution in [1.82, 2.24) is 25.0 Å². The van der Waals surface area contributed by atoms with E-state index in [0.717, 1.165) is 23.4 Å². The molecule has 0 fully saturated rings. The first-order valence-corrected chi connectivity index (χ1v) is 9.11. The normalized spacial score (nSPS) is 11.1. The molecule has 0 aliphatic rings. The summed E-state index contributed by atoms with van der Waals surface area (Å²) in [6.07, 6.45) is 3.08. The molecule has 4 N–H and O–H groups in total. The maximum Gasteiger partial charge on any atom is 0.229 e. The highest BCUT2D eigenvalue weighted by atomic mass is 16.2. The molecule has 2 aromatic carbocycles. The van der Waals surface area contributed by atoms with Gasteiger partial charge in [-0.05, 0) is 54.8 Å². The Balaban J connectivity index is 1.63. The lowest BCUT2D eigenvalue weighted by Crippen LogP contribution is -2.03. The molecule has 4 aromatic rings. The zero-order chi connectivity index (χ0) is 19.3. The average Bonchev–Trinajstić information content (AvgIpc) is 3.13. The van der Waals surface area contributed by atoms with E-state index in [9.17, 15) is 0 Å². The van der Waals surface area contributed by atoms with Crippen molar-refractivity contribution < 1.29 is 5.11 Å². The highest BCUT2D eigenvalue weighted by molar-refractivity contribution is 5.72. The Morgan fingerprint density at radius 1 is 1.04 bits per heavy atom. The van der Waals surface area contributed by atoms with E-state index >= 15 is 0 Å². The Morgan fingerprint density at radius 3 is 2.68 bits per heavy atom. The molecular formula is C20H21N7O. The molecule has 2 heterocycles. The molecule has 0 radical (unpaired) electrons. The van der Waals surface area contributed by atoms with Crippen LogP contribution in [0.2, 0.25) is 0 Å². The Labute approximate surface area is 162 Å². The molecule has 0 unspecified atom stereocenters. The molecule has 142 valence electrons. The van der Waals surface area contributed by atoms with E-state index in [4.69, 9.17) is 10.8 Å². The van der Waals surface area contributed by atoms with Gasteiger partial charge in [0.15, 0.2) is 11.2 Å². The number of anilines is 2. The summed E-state index contributed by atoms with van der Waals surface area (Å²) in [4.78, 5) is 8.91. The second-order valence-electron chi connectivity index (χ2n) is 6.41. The maximum absolute atomic E-state index is 9.17. The van der Waals surface area contributed by atoms with Crippen LogP contribution in [0.15, 0.2) is 54.7 Å². The molecule has 0 bridgehead atoms. The van der Waals surface area contributed by atoms with E-state index in [1.807, 2.05) is 48.5 Å². The molecular weight excluding hydrogens is 354 g/mol. The smallest absolute Gasteiger partial charge is 0.229 e. The minimum atomic E-state index is 0.0991. The summed E-state index contributed by atoms with van der Waals surface area (Å²) in [6.45, 7) is 0.727. The van der Waals surface area contributed by atoms with Gasteiger partial charge in [0, 0.05) is 12.3 Å². The van der Waals surface area contributed by atoms with Crippen molar-refractivity contribution in [2.45, 2.75) is 12.8 Å². The predicted octanol–water partition coefficient (Wildman–Crippen LogP) is 1.99.